The molecule has 2 unspecified atom stereocenters. The van der Waals surface area contributed by atoms with Crippen LogP contribution in [0.25, 0.3) is 0 Å². The summed E-state index contributed by atoms with van der Waals surface area (Å²) >= 11 is 6.14. The Kier molecular flexibility index (Phi) is 5.95. The molecular weight excluding hydrogens is 350 g/mol. The molecule has 2 atom stereocenters. The van der Waals surface area contributed by atoms with E-state index in [9.17, 15) is 4.79 Å². The molecule has 3 N–H and O–H groups in total. The van der Waals surface area contributed by atoms with Crippen LogP contribution in [0, 0.1) is 11.8 Å². The SMILES string of the molecule is CC#CCCOc1cc(N)c(Cl)cc1C(=O)NC1CC2CCC(C1)N2C. The maximum Gasteiger partial charge on any atom is 0.255 e. The molecule has 2 saturated heterocycles. The van der Waals surface area contributed by atoms with Gasteiger partial charge in [0.15, 0.2) is 0 Å². The quantitative estimate of drug-likeness (QED) is 0.471. The Hall–Kier alpha value is -1.90. The van der Waals surface area contributed by atoms with E-state index in [0.717, 1.165) is 12.8 Å². The largest absolute Gasteiger partial charge is 0.492 e. The molecule has 2 aliphatic heterocycles. The van der Waals surface area contributed by atoms with Crippen molar-refractivity contribution >= 4 is 23.2 Å². The molecule has 2 heterocycles. The number of piperidine rings is 1. The zero-order valence-electron chi connectivity index (χ0n) is 15.3. The predicted molar refractivity (Wildman–Crippen MR) is 104 cm³/mol. The zero-order chi connectivity index (χ0) is 18.7. The molecule has 0 radical (unpaired) electrons. The summed E-state index contributed by atoms with van der Waals surface area (Å²) in [7, 11) is 2.19. The van der Waals surface area contributed by atoms with Crippen molar-refractivity contribution in [3.8, 4) is 17.6 Å². The maximum absolute atomic E-state index is 12.9. The van der Waals surface area contributed by atoms with Gasteiger partial charge >= 0.3 is 0 Å². The Morgan fingerprint density at radius 1 is 1.38 bits per heavy atom. The Morgan fingerprint density at radius 3 is 2.73 bits per heavy atom. The summed E-state index contributed by atoms with van der Waals surface area (Å²) in [5.41, 5.74) is 6.72. The second-order valence-corrected chi connectivity index (χ2v) is 7.49. The molecule has 1 aromatic carbocycles. The fraction of sp³-hybridized carbons (Fsp3) is 0.550. The Bertz CT molecular complexity index is 727. The van der Waals surface area contributed by atoms with Crippen LogP contribution in [0.4, 0.5) is 5.69 Å². The lowest BCUT2D eigenvalue weighted by Gasteiger charge is -2.36. The van der Waals surface area contributed by atoms with E-state index in [1.807, 2.05) is 0 Å². The van der Waals surface area contributed by atoms with Gasteiger partial charge < -0.3 is 20.7 Å². The number of hydrogen-bond acceptors (Lipinski definition) is 4. The van der Waals surface area contributed by atoms with Crippen LogP contribution < -0.4 is 15.8 Å². The number of amides is 1. The topological polar surface area (TPSA) is 67.6 Å². The van der Waals surface area contributed by atoms with Crippen molar-refractivity contribution in [3.63, 3.8) is 0 Å². The number of nitrogens with one attached hydrogen (secondary N) is 1. The fourth-order valence-corrected chi connectivity index (χ4v) is 4.16. The highest BCUT2D eigenvalue weighted by molar-refractivity contribution is 6.33. The number of nitrogen functional groups attached to an aromatic ring is 1. The predicted octanol–water partition coefficient (Wildman–Crippen LogP) is 3.07. The minimum Gasteiger partial charge on any atom is -0.492 e. The first-order valence-electron chi connectivity index (χ1n) is 9.13. The van der Waals surface area contributed by atoms with Crippen molar-refractivity contribution in [1.82, 2.24) is 10.2 Å². The number of halogens is 1. The number of carbonyl (C=O) groups excluding carboxylic acids is 1. The molecule has 0 aromatic heterocycles. The van der Waals surface area contributed by atoms with Crippen LogP contribution >= 0.6 is 11.6 Å². The molecule has 2 aliphatic rings. The average Bonchev–Trinajstić information content (AvgIpc) is 2.82. The van der Waals surface area contributed by atoms with E-state index in [1.165, 1.54) is 12.8 Å². The van der Waals surface area contributed by atoms with Crippen molar-refractivity contribution in [2.45, 2.75) is 57.2 Å². The number of nitrogens with two attached hydrogens (primary N) is 1. The molecule has 0 spiro atoms. The summed E-state index contributed by atoms with van der Waals surface area (Å²) < 4.78 is 5.75. The minimum atomic E-state index is -0.155. The normalized spacial score (nSPS) is 24.7. The Balaban J connectivity index is 1.71. The molecule has 140 valence electrons. The van der Waals surface area contributed by atoms with Gasteiger partial charge in [0.25, 0.3) is 5.91 Å². The van der Waals surface area contributed by atoms with Gasteiger partial charge in [-0.1, -0.05) is 11.6 Å². The monoisotopic (exact) mass is 375 g/mol. The standard InChI is InChI=1S/C20H26ClN3O2/c1-3-4-5-8-26-19-12-18(22)17(21)11-16(19)20(25)23-13-9-14-6-7-15(10-13)24(14)2/h11-15H,5-10,22H2,1-2H3,(H,23,25). The lowest BCUT2D eigenvalue weighted by Crippen LogP contribution is -2.48. The Morgan fingerprint density at radius 2 is 2.08 bits per heavy atom. The number of nitrogens with zero attached hydrogens (tertiary/aromatic N) is 1. The summed E-state index contributed by atoms with van der Waals surface area (Å²) in [6.07, 6.45) is 5.01. The van der Waals surface area contributed by atoms with E-state index >= 15 is 0 Å². The second-order valence-electron chi connectivity index (χ2n) is 7.09. The summed E-state index contributed by atoms with van der Waals surface area (Å²) in [5.74, 6) is 6.07. The molecule has 26 heavy (non-hydrogen) atoms. The van der Waals surface area contributed by atoms with Gasteiger partial charge in [-0.25, -0.2) is 0 Å². The van der Waals surface area contributed by atoms with Gasteiger partial charge in [-0.2, -0.15) is 0 Å². The molecular formula is C20H26ClN3O2. The number of benzene rings is 1. The van der Waals surface area contributed by atoms with Crippen LogP contribution in [-0.4, -0.2) is 42.6 Å². The van der Waals surface area contributed by atoms with Gasteiger partial charge in [0.05, 0.1) is 22.9 Å². The lowest BCUT2D eigenvalue weighted by atomic mass is 9.97. The molecule has 6 heteroatoms. The smallest absolute Gasteiger partial charge is 0.255 e. The van der Waals surface area contributed by atoms with Crippen molar-refractivity contribution in [2.24, 2.45) is 0 Å². The van der Waals surface area contributed by atoms with Crippen LogP contribution in [0.15, 0.2) is 12.1 Å². The van der Waals surface area contributed by atoms with Crippen LogP contribution in [0.1, 0.15) is 49.4 Å². The zero-order valence-corrected chi connectivity index (χ0v) is 16.1. The van der Waals surface area contributed by atoms with Gasteiger partial charge in [-0.05, 0) is 45.7 Å². The molecule has 2 bridgehead atoms. The third kappa shape index (κ3) is 4.08. The van der Waals surface area contributed by atoms with Crippen LogP contribution in [0.5, 0.6) is 5.75 Å². The fourth-order valence-electron chi connectivity index (χ4n) is 4.00. The summed E-state index contributed by atoms with van der Waals surface area (Å²) in [5, 5.41) is 3.53. The number of hydrogen-bond donors (Lipinski definition) is 2. The van der Waals surface area contributed by atoms with Gasteiger partial charge in [0.2, 0.25) is 0 Å². The maximum atomic E-state index is 12.9. The lowest BCUT2D eigenvalue weighted by molar-refractivity contribution is 0.0879. The number of ether oxygens (including phenoxy) is 1. The second kappa shape index (κ2) is 8.20. The first kappa shape index (κ1) is 18.9. The van der Waals surface area contributed by atoms with Gasteiger partial charge in [0.1, 0.15) is 5.75 Å². The van der Waals surface area contributed by atoms with Crippen LogP contribution in [0.2, 0.25) is 5.02 Å². The van der Waals surface area contributed by atoms with E-state index in [-0.39, 0.29) is 11.9 Å². The van der Waals surface area contributed by atoms with E-state index in [0.29, 0.717) is 47.1 Å². The molecule has 5 nitrogen and oxygen atoms in total. The Labute approximate surface area is 160 Å². The highest BCUT2D eigenvalue weighted by atomic mass is 35.5. The highest BCUT2D eigenvalue weighted by Crippen LogP contribution is 2.35. The number of rotatable bonds is 5. The van der Waals surface area contributed by atoms with Crippen molar-refractivity contribution in [2.75, 3.05) is 19.4 Å². The summed E-state index contributed by atoms with van der Waals surface area (Å²) in [4.78, 5) is 15.3. The van der Waals surface area contributed by atoms with Gasteiger partial charge in [-0.3, -0.25) is 4.79 Å². The molecule has 2 fully saturated rings. The molecule has 3 rings (SSSR count). The molecule has 0 aliphatic carbocycles. The van der Waals surface area contributed by atoms with Crippen molar-refractivity contribution < 1.29 is 9.53 Å². The third-order valence-corrected chi connectivity index (χ3v) is 5.77. The summed E-state index contributed by atoms with van der Waals surface area (Å²) in [6, 6.07) is 4.53. The molecule has 0 saturated carbocycles. The summed E-state index contributed by atoms with van der Waals surface area (Å²) in [6.45, 7) is 2.19. The van der Waals surface area contributed by atoms with E-state index in [2.05, 4.69) is 29.1 Å². The van der Waals surface area contributed by atoms with Crippen molar-refractivity contribution in [3.05, 3.63) is 22.7 Å². The minimum absolute atomic E-state index is 0.155. The van der Waals surface area contributed by atoms with Gasteiger partial charge in [-0.15, -0.1) is 11.8 Å². The third-order valence-electron chi connectivity index (χ3n) is 5.44. The average molecular weight is 376 g/mol. The van der Waals surface area contributed by atoms with Crippen molar-refractivity contribution in [1.29, 1.82) is 0 Å². The van der Waals surface area contributed by atoms with E-state index in [1.54, 1.807) is 19.1 Å². The highest BCUT2D eigenvalue weighted by Gasteiger charge is 2.39. The first-order valence-corrected chi connectivity index (χ1v) is 9.51. The van der Waals surface area contributed by atoms with Crippen LogP contribution in [-0.2, 0) is 0 Å². The van der Waals surface area contributed by atoms with Crippen LogP contribution in [0.3, 0.4) is 0 Å². The first-order chi connectivity index (χ1) is 12.5. The number of carbonyl (C=O) groups is 1. The van der Waals surface area contributed by atoms with E-state index in [4.69, 9.17) is 22.1 Å². The van der Waals surface area contributed by atoms with Gasteiger partial charge in [0, 0.05) is 30.6 Å². The molecule has 1 aromatic rings. The number of fused-ring (bicyclic) bond motifs is 2. The molecule has 1 amide bonds. The number of anilines is 1. The van der Waals surface area contributed by atoms with E-state index < -0.39 is 0 Å².